The SMILES string of the molecule is CC(NS(=O)(=O)c1cccc2cccnc12)C1=CC=C(C(=O)NO)CC1. The van der Waals surface area contributed by atoms with Crippen LogP contribution < -0.4 is 10.2 Å². The Bertz CT molecular complexity index is 1010. The number of hydrogen-bond donors (Lipinski definition) is 3. The third-order valence-corrected chi connectivity index (χ3v) is 5.92. The fourth-order valence-corrected chi connectivity index (χ4v) is 4.37. The lowest BCUT2D eigenvalue weighted by molar-refractivity contribution is -0.125. The molecule has 1 heterocycles. The van der Waals surface area contributed by atoms with Gasteiger partial charge >= 0.3 is 0 Å². The van der Waals surface area contributed by atoms with Gasteiger partial charge in [0.05, 0.1) is 5.52 Å². The van der Waals surface area contributed by atoms with Gasteiger partial charge in [-0.2, -0.15) is 0 Å². The van der Waals surface area contributed by atoms with Crippen LogP contribution in [0.4, 0.5) is 0 Å². The number of nitrogens with one attached hydrogen (secondary N) is 2. The maximum atomic E-state index is 12.8. The van der Waals surface area contributed by atoms with Crippen LogP contribution >= 0.6 is 0 Å². The predicted octanol–water partition coefficient (Wildman–Crippen LogP) is 2.05. The maximum absolute atomic E-state index is 12.8. The van der Waals surface area contributed by atoms with Gasteiger partial charge in [0.15, 0.2) is 0 Å². The highest BCUT2D eigenvalue weighted by molar-refractivity contribution is 7.89. The Morgan fingerprint density at radius 2 is 1.96 bits per heavy atom. The van der Waals surface area contributed by atoms with Gasteiger partial charge in [0, 0.05) is 23.2 Å². The van der Waals surface area contributed by atoms with E-state index in [9.17, 15) is 13.2 Å². The zero-order valence-corrected chi connectivity index (χ0v) is 15.0. The highest BCUT2D eigenvalue weighted by Gasteiger charge is 2.23. The lowest BCUT2D eigenvalue weighted by Crippen LogP contribution is -2.34. The van der Waals surface area contributed by atoms with Crippen LogP contribution in [0.3, 0.4) is 0 Å². The van der Waals surface area contributed by atoms with Crippen LogP contribution in [0, 0.1) is 0 Å². The molecule has 3 N–H and O–H groups in total. The van der Waals surface area contributed by atoms with Gasteiger partial charge < -0.3 is 0 Å². The molecule has 0 radical (unpaired) electrons. The van der Waals surface area contributed by atoms with Crippen LogP contribution in [0.5, 0.6) is 0 Å². The topological polar surface area (TPSA) is 108 Å². The van der Waals surface area contributed by atoms with Crippen molar-refractivity contribution in [1.82, 2.24) is 15.2 Å². The van der Waals surface area contributed by atoms with Crippen LogP contribution in [0.25, 0.3) is 10.9 Å². The normalized spacial score (nSPS) is 15.9. The minimum atomic E-state index is -3.76. The summed E-state index contributed by atoms with van der Waals surface area (Å²) in [6.07, 6.45) is 5.82. The molecule has 1 aliphatic rings. The van der Waals surface area contributed by atoms with Gasteiger partial charge in [-0.3, -0.25) is 15.0 Å². The van der Waals surface area contributed by atoms with Gasteiger partial charge in [-0.1, -0.05) is 35.9 Å². The summed E-state index contributed by atoms with van der Waals surface area (Å²) in [6, 6.07) is 8.16. The number of rotatable bonds is 5. The lowest BCUT2D eigenvalue weighted by atomic mass is 9.94. The van der Waals surface area contributed by atoms with E-state index in [0.717, 1.165) is 11.0 Å². The Kier molecular flexibility index (Phi) is 5.17. The van der Waals surface area contributed by atoms with E-state index < -0.39 is 22.0 Å². The molecule has 1 unspecified atom stereocenters. The second-order valence-electron chi connectivity index (χ2n) is 6.05. The molecule has 1 aromatic heterocycles. The average molecular weight is 373 g/mol. The second kappa shape index (κ2) is 7.36. The van der Waals surface area contributed by atoms with Gasteiger partial charge in [0.25, 0.3) is 5.91 Å². The Balaban J connectivity index is 1.85. The lowest BCUT2D eigenvalue weighted by Gasteiger charge is -2.21. The molecule has 136 valence electrons. The van der Waals surface area contributed by atoms with Crippen molar-refractivity contribution < 1.29 is 18.4 Å². The Labute approximate surface area is 151 Å². The number of hydroxylamine groups is 1. The predicted molar refractivity (Wildman–Crippen MR) is 96.9 cm³/mol. The number of para-hydroxylation sites is 1. The number of allylic oxidation sites excluding steroid dienone is 2. The molecule has 1 amide bonds. The highest BCUT2D eigenvalue weighted by Crippen LogP contribution is 2.24. The van der Waals surface area contributed by atoms with E-state index in [1.807, 2.05) is 12.1 Å². The number of hydrogen-bond acceptors (Lipinski definition) is 5. The minimum absolute atomic E-state index is 0.134. The van der Waals surface area contributed by atoms with Crippen LogP contribution in [-0.2, 0) is 14.8 Å². The van der Waals surface area contributed by atoms with Gasteiger partial charge in [-0.25, -0.2) is 18.6 Å². The molecule has 8 heteroatoms. The third-order valence-electron chi connectivity index (χ3n) is 4.35. The molecule has 1 aliphatic carbocycles. The van der Waals surface area contributed by atoms with Crippen molar-refractivity contribution >= 4 is 26.8 Å². The van der Waals surface area contributed by atoms with Crippen LogP contribution in [0.2, 0.25) is 0 Å². The molecule has 0 fully saturated rings. The Morgan fingerprint density at radius 3 is 2.65 bits per heavy atom. The summed E-state index contributed by atoms with van der Waals surface area (Å²) in [5.41, 5.74) is 3.33. The van der Waals surface area contributed by atoms with Crippen molar-refractivity contribution in [2.24, 2.45) is 0 Å². The van der Waals surface area contributed by atoms with E-state index in [-0.39, 0.29) is 4.90 Å². The van der Waals surface area contributed by atoms with Gasteiger partial charge in [0.1, 0.15) is 4.90 Å². The number of benzene rings is 1. The van der Waals surface area contributed by atoms with E-state index in [0.29, 0.717) is 23.9 Å². The van der Waals surface area contributed by atoms with Crippen molar-refractivity contribution in [3.8, 4) is 0 Å². The van der Waals surface area contributed by atoms with Gasteiger partial charge in [0.2, 0.25) is 10.0 Å². The molecular weight excluding hydrogens is 354 g/mol. The van der Waals surface area contributed by atoms with E-state index in [4.69, 9.17) is 5.21 Å². The van der Waals surface area contributed by atoms with Crippen LogP contribution in [0.15, 0.2) is 64.7 Å². The fraction of sp³-hybridized carbons (Fsp3) is 0.222. The number of sulfonamides is 1. The zero-order chi connectivity index (χ0) is 18.7. The largest absolute Gasteiger partial charge is 0.288 e. The standard InChI is InChI=1S/C18H19N3O4S/c1-12(13-7-9-15(10-8-13)18(22)20-23)21-26(24,25)16-6-2-4-14-5-3-11-19-17(14)16/h2-7,9,11-12,21,23H,8,10H2,1H3,(H,20,22). The van der Waals surface area contributed by atoms with E-state index in [1.165, 1.54) is 6.07 Å². The fourth-order valence-electron chi connectivity index (χ4n) is 2.94. The molecule has 1 atom stereocenters. The van der Waals surface area contributed by atoms with Crippen molar-refractivity contribution in [1.29, 1.82) is 0 Å². The second-order valence-corrected chi connectivity index (χ2v) is 7.73. The summed E-state index contributed by atoms with van der Waals surface area (Å²) in [7, 11) is -3.76. The van der Waals surface area contributed by atoms with E-state index in [2.05, 4.69) is 9.71 Å². The van der Waals surface area contributed by atoms with E-state index in [1.54, 1.807) is 42.9 Å². The third kappa shape index (κ3) is 3.67. The van der Waals surface area contributed by atoms with Crippen LogP contribution in [0.1, 0.15) is 19.8 Å². The summed E-state index contributed by atoms with van der Waals surface area (Å²) >= 11 is 0. The molecule has 2 aromatic rings. The molecule has 1 aromatic carbocycles. The number of fused-ring (bicyclic) bond motifs is 1. The molecule has 3 rings (SSSR count). The quantitative estimate of drug-likeness (QED) is 0.549. The number of nitrogens with zero attached hydrogens (tertiary/aromatic N) is 1. The molecular formula is C18H19N3O4S. The smallest absolute Gasteiger partial charge is 0.270 e. The van der Waals surface area contributed by atoms with Gasteiger partial charge in [-0.05, 0) is 31.9 Å². The molecule has 26 heavy (non-hydrogen) atoms. The van der Waals surface area contributed by atoms with Crippen LogP contribution in [-0.4, -0.2) is 30.6 Å². The number of carbonyl (C=O) groups excluding carboxylic acids is 1. The molecule has 0 bridgehead atoms. The number of aromatic nitrogens is 1. The molecule has 0 saturated carbocycles. The molecule has 7 nitrogen and oxygen atoms in total. The van der Waals surface area contributed by atoms with E-state index >= 15 is 0 Å². The number of amides is 1. The first-order valence-corrected chi connectivity index (χ1v) is 9.61. The summed E-state index contributed by atoms with van der Waals surface area (Å²) in [6.45, 7) is 1.76. The molecule has 0 spiro atoms. The van der Waals surface area contributed by atoms with Crippen molar-refractivity contribution in [2.75, 3.05) is 0 Å². The van der Waals surface area contributed by atoms with Crippen molar-refractivity contribution in [2.45, 2.75) is 30.7 Å². The molecule has 0 saturated heterocycles. The Morgan fingerprint density at radius 1 is 1.19 bits per heavy atom. The summed E-state index contributed by atoms with van der Waals surface area (Å²) in [5, 5.41) is 9.42. The molecule has 0 aliphatic heterocycles. The minimum Gasteiger partial charge on any atom is -0.288 e. The monoisotopic (exact) mass is 373 g/mol. The number of carbonyl (C=O) groups is 1. The Hall–Kier alpha value is -2.55. The van der Waals surface area contributed by atoms with Gasteiger partial charge in [-0.15, -0.1) is 0 Å². The average Bonchev–Trinajstić information content (AvgIpc) is 2.66. The van der Waals surface area contributed by atoms with Crippen molar-refractivity contribution in [3.63, 3.8) is 0 Å². The number of pyridine rings is 1. The highest BCUT2D eigenvalue weighted by atomic mass is 32.2. The first-order chi connectivity index (χ1) is 12.4. The summed E-state index contributed by atoms with van der Waals surface area (Å²) in [5.74, 6) is -0.546. The first-order valence-electron chi connectivity index (χ1n) is 8.12. The first kappa shape index (κ1) is 18.2. The van der Waals surface area contributed by atoms with Crippen molar-refractivity contribution in [3.05, 3.63) is 59.8 Å². The maximum Gasteiger partial charge on any atom is 0.270 e. The summed E-state index contributed by atoms with van der Waals surface area (Å²) < 4.78 is 28.3. The summed E-state index contributed by atoms with van der Waals surface area (Å²) in [4.78, 5) is 15.7. The zero-order valence-electron chi connectivity index (χ0n) is 14.1.